The number of fused-ring (bicyclic) bond motifs is 1. The van der Waals surface area contributed by atoms with Crippen molar-refractivity contribution in [2.45, 2.75) is 0 Å². The van der Waals surface area contributed by atoms with E-state index in [2.05, 4.69) is 5.92 Å². The molecule has 0 aliphatic rings. The van der Waals surface area contributed by atoms with Gasteiger partial charge in [0.05, 0.1) is 16.1 Å². The first-order chi connectivity index (χ1) is 11.6. The minimum absolute atomic E-state index is 0.134. The van der Waals surface area contributed by atoms with E-state index in [-0.39, 0.29) is 17.2 Å². The fraction of sp³-hybridized carbons (Fsp3) is 0.0526. The van der Waals surface area contributed by atoms with Gasteiger partial charge in [0.2, 0.25) is 0 Å². The van der Waals surface area contributed by atoms with Crippen molar-refractivity contribution in [3.05, 3.63) is 69.5 Å². The van der Waals surface area contributed by atoms with Gasteiger partial charge >= 0.3 is 11.6 Å². The molecule has 4 nitrogen and oxygen atoms in total. The van der Waals surface area contributed by atoms with Crippen molar-refractivity contribution in [2.24, 2.45) is 0 Å². The number of carbonyl (C=O) groups excluding carboxylic acids is 1. The Labute approximate surface area is 142 Å². The third-order valence-corrected chi connectivity index (χ3v) is 3.74. The molecule has 0 bridgehead atoms. The van der Waals surface area contributed by atoms with Crippen LogP contribution in [-0.2, 0) is 4.74 Å². The minimum atomic E-state index is -0.616. The molecule has 3 aromatic rings. The number of hydrogen-bond acceptors (Lipinski definition) is 4. The Hall–Kier alpha value is -3.03. The molecule has 1 aromatic heterocycles. The van der Waals surface area contributed by atoms with Gasteiger partial charge in [-0.2, -0.15) is 0 Å². The summed E-state index contributed by atoms with van der Waals surface area (Å²) in [6.45, 7) is -0.134. The molecule has 0 atom stereocenters. The average Bonchev–Trinajstić information content (AvgIpc) is 2.59. The van der Waals surface area contributed by atoms with E-state index < -0.39 is 11.6 Å². The normalized spacial score (nSPS) is 10.3. The molecule has 0 amide bonds. The van der Waals surface area contributed by atoms with Gasteiger partial charge in [0, 0.05) is 5.39 Å². The molecule has 2 aromatic carbocycles. The maximum Gasteiger partial charge on any atom is 0.344 e. The first-order valence-corrected chi connectivity index (χ1v) is 7.41. The number of carbonyl (C=O) groups is 1. The van der Waals surface area contributed by atoms with Crippen molar-refractivity contribution < 1.29 is 13.9 Å². The molecule has 0 saturated heterocycles. The van der Waals surface area contributed by atoms with E-state index in [0.29, 0.717) is 16.7 Å². The van der Waals surface area contributed by atoms with Crippen LogP contribution < -0.4 is 5.63 Å². The summed E-state index contributed by atoms with van der Waals surface area (Å²) in [5.41, 5.74) is 1.12. The fourth-order valence-corrected chi connectivity index (χ4v) is 2.55. The highest BCUT2D eigenvalue weighted by Crippen LogP contribution is 2.26. The molecule has 118 valence electrons. The van der Waals surface area contributed by atoms with Gasteiger partial charge in [0.1, 0.15) is 5.58 Å². The molecule has 0 spiro atoms. The number of halogens is 1. The lowest BCUT2D eigenvalue weighted by Crippen LogP contribution is -2.07. The summed E-state index contributed by atoms with van der Waals surface area (Å²) in [5.74, 6) is 1.59. The second-order valence-corrected chi connectivity index (χ2v) is 5.37. The van der Waals surface area contributed by atoms with E-state index in [9.17, 15) is 9.59 Å². The highest BCUT2D eigenvalue weighted by atomic mass is 35.5. The van der Waals surface area contributed by atoms with Gasteiger partial charge in [0.25, 0.3) is 0 Å². The average molecular weight is 339 g/mol. The fourth-order valence-electron chi connectivity index (χ4n) is 2.30. The number of benzene rings is 2. The van der Waals surface area contributed by atoms with Crippen LogP contribution in [0.25, 0.3) is 22.1 Å². The van der Waals surface area contributed by atoms with Gasteiger partial charge in [-0.1, -0.05) is 41.8 Å². The van der Waals surface area contributed by atoms with Crippen molar-refractivity contribution in [3.8, 4) is 23.5 Å². The van der Waals surface area contributed by atoms with Crippen molar-refractivity contribution in [3.63, 3.8) is 0 Å². The molecular formula is C19H11ClO4. The molecule has 0 unspecified atom stereocenters. The largest absolute Gasteiger partial charge is 0.449 e. The molecule has 0 N–H and O–H groups in total. The van der Waals surface area contributed by atoms with Crippen LogP contribution in [-0.4, -0.2) is 12.6 Å². The minimum Gasteiger partial charge on any atom is -0.449 e. The van der Waals surface area contributed by atoms with E-state index in [4.69, 9.17) is 27.2 Å². The standard InChI is InChI=1S/C19H11ClO4/c1-2-9-23-18(21)14-8-7-12(11-16(14)20)15-10-13-5-3-4-6-17(13)24-19(15)22/h1,3-8,10-11H,9H2. The smallest absolute Gasteiger partial charge is 0.344 e. The Bertz CT molecular complexity index is 1030. The highest BCUT2D eigenvalue weighted by molar-refractivity contribution is 6.33. The van der Waals surface area contributed by atoms with Crippen LogP contribution in [0, 0.1) is 12.3 Å². The van der Waals surface area contributed by atoms with Crippen molar-refractivity contribution in [1.82, 2.24) is 0 Å². The summed E-state index contributed by atoms with van der Waals surface area (Å²) in [4.78, 5) is 24.0. The Kier molecular flexibility index (Phi) is 4.37. The molecule has 1 heterocycles. The maximum absolute atomic E-state index is 12.2. The second kappa shape index (κ2) is 6.61. The Morgan fingerprint density at radius 3 is 2.75 bits per heavy atom. The number of terminal acetylenes is 1. The topological polar surface area (TPSA) is 56.5 Å². The zero-order valence-electron chi connectivity index (χ0n) is 12.4. The quantitative estimate of drug-likeness (QED) is 0.413. The van der Waals surface area contributed by atoms with Gasteiger partial charge in [-0.25, -0.2) is 9.59 Å². The maximum atomic E-state index is 12.2. The Morgan fingerprint density at radius 2 is 2.00 bits per heavy atom. The van der Waals surface area contributed by atoms with E-state index in [1.54, 1.807) is 24.3 Å². The van der Waals surface area contributed by atoms with Gasteiger partial charge in [-0.15, -0.1) is 6.42 Å². The van der Waals surface area contributed by atoms with Crippen molar-refractivity contribution in [2.75, 3.05) is 6.61 Å². The van der Waals surface area contributed by atoms with E-state index in [1.165, 1.54) is 12.1 Å². The summed E-state index contributed by atoms with van der Waals surface area (Å²) in [6, 6.07) is 13.6. The molecule has 3 rings (SSSR count). The third-order valence-electron chi connectivity index (χ3n) is 3.43. The predicted molar refractivity (Wildman–Crippen MR) is 92.0 cm³/mol. The number of esters is 1. The molecule has 0 fully saturated rings. The van der Waals surface area contributed by atoms with Crippen LogP contribution in [0.15, 0.2) is 57.7 Å². The molecule has 0 aliphatic carbocycles. The SMILES string of the molecule is C#CCOC(=O)c1ccc(-c2cc3ccccc3oc2=O)cc1Cl. The third kappa shape index (κ3) is 3.03. The van der Waals surface area contributed by atoms with Gasteiger partial charge < -0.3 is 9.15 Å². The van der Waals surface area contributed by atoms with Crippen LogP contribution in [0.4, 0.5) is 0 Å². The Balaban J connectivity index is 2.03. The van der Waals surface area contributed by atoms with E-state index in [0.717, 1.165) is 5.39 Å². The zero-order valence-corrected chi connectivity index (χ0v) is 13.2. The van der Waals surface area contributed by atoms with Crippen LogP contribution >= 0.6 is 11.6 Å². The molecule has 0 aliphatic heterocycles. The van der Waals surface area contributed by atoms with E-state index in [1.807, 2.05) is 12.1 Å². The monoisotopic (exact) mass is 338 g/mol. The predicted octanol–water partition coefficient (Wildman–Crippen LogP) is 3.90. The van der Waals surface area contributed by atoms with Gasteiger partial charge in [0.15, 0.2) is 6.61 Å². The molecular weight excluding hydrogens is 328 g/mol. The lowest BCUT2D eigenvalue weighted by molar-refractivity contribution is 0.0557. The van der Waals surface area contributed by atoms with Gasteiger partial charge in [-0.05, 0) is 29.8 Å². The summed E-state index contributed by atoms with van der Waals surface area (Å²) in [7, 11) is 0. The molecule has 0 radical (unpaired) electrons. The second-order valence-electron chi connectivity index (χ2n) is 4.96. The zero-order chi connectivity index (χ0) is 17.1. The summed E-state index contributed by atoms with van der Waals surface area (Å²) in [6.07, 6.45) is 5.05. The summed E-state index contributed by atoms with van der Waals surface area (Å²) in [5, 5.41) is 0.961. The molecule has 0 saturated carbocycles. The van der Waals surface area contributed by atoms with Crippen molar-refractivity contribution in [1.29, 1.82) is 0 Å². The van der Waals surface area contributed by atoms with Crippen LogP contribution in [0.2, 0.25) is 5.02 Å². The number of hydrogen-bond donors (Lipinski definition) is 0. The van der Waals surface area contributed by atoms with Crippen LogP contribution in [0.3, 0.4) is 0 Å². The summed E-state index contributed by atoms with van der Waals surface area (Å²) < 4.78 is 10.2. The first-order valence-electron chi connectivity index (χ1n) is 7.03. The lowest BCUT2D eigenvalue weighted by atomic mass is 10.0. The summed E-state index contributed by atoms with van der Waals surface area (Å²) >= 11 is 6.14. The van der Waals surface area contributed by atoms with Crippen LogP contribution in [0.5, 0.6) is 0 Å². The lowest BCUT2D eigenvalue weighted by Gasteiger charge is -2.07. The van der Waals surface area contributed by atoms with Gasteiger partial charge in [-0.3, -0.25) is 0 Å². The highest BCUT2D eigenvalue weighted by Gasteiger charge is 2.14. The van der Waals surface area contributed by atoms with Crippen molar-refractivity contribution >= 4 is 28.5 Å². The van der Waals surface area contributed by atoms with Crippen LogP contribution in [0.1, 0.15) is 10.4 Å². The number of rotatable bonds is 3. The molecule has 24 heavy (non-hydrogen) atoms. The first kappa shape index (κ1) is 15.9. The van der Waals surface area contributed by atoms with E-state index >= 15 is 0 Å². The number of para-hydroxylation sites is 1. The Morgan fingerprint density at radius 1 is 1.21 bits per heavy atom. The number of ether oxygens (including phenoxy) is 1. The molecule has 5 heteroatoms.